The first-order valence-electron chi connectivity index (χ1n) is 9.35. The molecule has 1 aliphatic rings. The molecule has 0 spiro atoms. The largest absolute Gasteiger partial charge is 0.480 e. The molecular weight excluding hydrogens is 390 g/mol. The minimum absolute atomic E-state index is 0.179. The fourth-order valence-electron chi connectivity index (χ4n) is 3.38. The molecule has 30 heavy (non-hydrogen) atoms. The number of carboxylic acids is 2. The van der Waals surface area contributed by atoms with Gasteiger partial charge in [-0.05, 0) is 30.2 Å². The lowest BCUT2D eigenvalue weighted by atomic mass is 10.1. The average molecular weight is 411 g/mol. The molecule has 9 nitrogen and oxygen atoms in total. The number of carbonyl (C=O) groups is 4. The number of urea groups is 1. The van der Waals surface area contributed by atoms with Gasteiger partial charge in [0.25, 0.3) is 0 Å². The van der Waals surface area contributed by atoms with Gasteiger partial charge in [-0.1, -0.05) is 36.4 Å². The number of benzene rings is 2. The summed E-state index contributed by atoms with van der Waals surface area (Å²) >= 11 is 0. The predicted molar refractivity (Wildman–Crippen MR) is 108 cm³/mol. The van der Waals surface area contributed by atoms with Gasteiger partial charge in [-0.2, -0.15) is 0 Å². The molecule has 0 radical (unpaired) electrons. The van der Waals surface area contributed by atoms with Crippen LogP contribution in [0.1, 0.15) is 18.4 Å². The second-order valence-electron chi connectivity index (χ2n) is 6.84. The molecular formula is C21H21N3O6. The van der Waals surface area contributed by atoms with Gasteiger partial charge in [0.05, 0.1) is 0 Å². The van der Waals surface area contributed by atoms with E-state index in [1.54, 1.807) is 54.6 Å². The first-order chi connectivity index (χ1) is 14.4. The zero-order valence-corrected chi connectivity index (χ0v) is 15.9. The van der Waals surface area contributed by atoms with Gasteiger partial charge in [-0.25, -0.2) is 14.4 Å². The van der Waals surface area contributed by atoms with Crippen molar-refractivity contribution < 1.29 is 29.4 Å². The quantitative estimate of drug-likeness (QED) is 0.551. The third kappa shape index (κ3) is 4.75. The summed E-state index contributed by atoms with van der Waals surface area (Å²) in [6.07, 6.45) is -0.223. The lowest BCUT2D eigenvalue weighted by Crippen LogP contribution is -2.46. The Morgan fingerprint density at radius 3 is 2.33 bits per heavy atom. The maximum atomic E-state index is 12.8. The summed E-state index contributed by atoms with van der Waals surface area (Å²) in [4.78, 5) is 49.2. The highest BCUT2D eigenvalue weighted by Crippen LogP contribution is 2.32. The molecule has 2 aromatic rings. The third-order valence-corrected chi connectivity index (χ3v) is 4.81. The molecule has 0 fully saturated rings. The molecule has 1 aliphatic heterocycles. The number of hydrogen-bond donors (Lipinski definition) is 4. The van der Waals surface area contributed by atoms with E-state index in [4.69, 9.17) is 0 Å². The SMILES string of the molecule is O=C(Nc1ccccc1)N[C@H](CCC(=O)N1c2ccccc2C[C@H]1C(=O)O)C(=O)O. The van der Waals surface area contributed by atoms with Crippen LogP contribution < -0.4 is 15.5 Å². The third-order valence-electron chi connectivity index (χ3n) is 4.81. The Balaban J connectivity index is 1.64. The first kappa shape index (κ1) is 20.8. The smallest absolute Gasteiger partial charge is 0.327 e. The van der Waals surface area contributed by atoms with E-state index in [-0.39, 0.29) is 19.3 Å². The Kier molecular flexibility index (Phi) is 6.31. The fraction of sp³-hybridized carbons (Fsp3) is 0.238. The van der Waals surface area contributed by atoms with Gasteiger partial charge in [-0.15, -0.1) is 0 Å². The monoisotopic (exact) mass is 411 g/mol. The normalized spacial score (nSPS) is 15.7. The van der Waals surface area contributed by atoms with E-state index in [1.165, 1.54) is 4.90 Å². The lowest BCUT2D eigenvalue weighted by molar-refractivity contribution is -0.141. The standard InChI is InChI=1S/C21H21N3O6/c25-18(24-16-9-5-4-6-13(16)12-17(24)20(28)29)11-10-15(19(26)27)23-21(30)22-14-7-2-1-3-8-14/h1-9,15,17H,10-12H2,(H,26,27)(H,28,29)(H2,22,23,30)/t15-,17+/m1/s1. The van der Waals surface area contributed by atoms with Crippen molar-refractivity contribution in [1.29, 1.82) is 0 Å². The summed E-state index contributed by atoms with van der Waals surface area (Å²) in [5.74, 6) is -2.93. The van der Waals surface area contributed by atoms with E-state index in [0.29, 0.717) is 11.4 Å². The maximum absolute atomic E-state index is 12.8. The zero-order chi connectivity index (χ0) is 21.7. The van der Waals surface area contributed by atoms with E-state index in [9.17, 15) is 29.4 Å². The molecule has 0 saturated carbocycles. The Morgan fingerprint density at radius 2 is 1.67 bits per heavy atom. The van der Waals surface area contributed by atoms with E-state index in [2.05, 4.69) is 10.6 Å². The molecule has 2 atom stereocenters. The topological polar surface area (TPSA) is 136 Å². The van der Waals surface area contributed by atoms with Gasteiger partial charge in [0.15, 0.2) is 0 Å². The highest BCUT2D eigenvalue weighted by molar-refractivity contribution is 6.02. The number of amides is 3. The Labute approximate surface area is 172 Å². The molecule has 3 rings (SSSR count). The molecule has 0 unspecified atom stereocenters. The lowest BCUT2D eigenvalue weighted by Gasteiger charge is -2.23. The van der Waals surface area contributed by atoms with Crippen molar-refractivity contribution in [3.05, 3.63) is 60.2 Å². The number of fused-ring (bicyclic) bond motifs is 1. The van der Waals surface area contributed by atoms with Crippen LogP contribution in [0, 0.1) is 0 Å². The molecule has 2 aromatic carbocycles. The molecule has 1 heterocycles. The number of nitrogens with one attached hydrogen (secondary N) is 2. The van der Waals surface area contributed by atoms with E-state index in [1.807, 2.05) is 0 Å². The van der Waals surface area contributed by atoms with Crippen LogP contribution in [-0.2, 0) is 20.8 Å². The van der Waals surface area contributed by atoms with Gasteiger partial charge >= 0.3 is 18.0 Å². The highest BCUT2D eigenvalue weighted by atomic mass is 16.4. The fourth-order valence-corrected chi connectivity index (χ4v) is 3.38. The first-order valence-corrected chi connectivity index (χ1v) is 9.35. The summed E-state index contributed by atoms with van der Waals surface area (Å²) in [7, 11) is 0. The highest BCUT2D eigenvalue weighted by Gasteiger charge is 2.38. The van der Waals surface area contributed by atoms with Crippen molar-refractivity contribution >= 4 is 35.3 Å². The number of carbonyl (C=O) groups excluding carboxylic acids is 2. The Bertz CT molecular complexity index is 962. The van der Waals surface area contributed by atoms with Crippen molar-refractivity contribution in [2.45, 2.75) is 31.3 Å². The van der Waals surface area contributed by atoms with Crippen LogP contribution in [0.5, 0.6) is 0 Å². The number of hydrogen-bond acceptors (Lipinski definition) is 4. The molecule has 0 aliphatic carbocycles. The molecule has 156 valence electrons. The maximum Gasteiger partial charge on any atom is 0.327 e. The van der Waals surface area contributed by atoms with Crippen LogP contribution >= 0.6 is 0 Å². The van der Waals surface area contributed by atoms with Crippen LogP contribution in [0.4, 0.5) is 16.2 Å². The molecule has 3 amide bonds. The minimum Gasteiger partial charge on any atom is -0.480 e. The van der Waals surface area contributed by atoms with Gasteiger partial charge in [0.1, 0.15) is 12.1 Å². The predicted octanol–water partition coefficient (Wildman–Crippen LogP) is 2.08. The van der Waals surface area contributed by atoms with E-state index < -0.39 is 36.0 Å². The van der Waals surface area contributed by atoms with Crippen molar-refractivity contribution in [3.8, 4) is 0 Å². The second-order valence-corrected chi connectivity index (χ2v) is 6.84. The minimum atomic E-state index is -1.31. The summed E-state index contributed by atoms with van der Waals surface area (Å²) in [5.41, 5.74) is 1.75. The van der Waals surface area contributed by atoms with Crippen LogP contribution in [0.15, 0.2) is 54.6 Å². The van der Waals surface area contributed by atoms with Crippen LogP contribution in [0.25, 0.3) is 0 Å². The van der Waals surface area contributed by atoms with Crippen LogP contribution in [0.2, 0.25) is 0 Å². The number of para-hydroxylation sites is 2. The van der Waals surface area contributed by atoms with Gasteiger partial charge < -0.3 is 20.8 Å². The van der Waals surface area contributed by atoms with E-state index in [0.717, 1.165) is 5.56 Å². The Hall–Kier alpha value is -3.88. The van der Waals surface area contributed by atoms with Gasteiger partial charge in [-0.3, -0.25) is 9.69 Å². The number of anilines is 2. The van der Waals surface area contributed by atoms with E-state index >= 15 is 0 Å². The number of carboxylic acid groups (broad SMARTS) is 2. The van der Waals surface area contributed by atoms with Crippen molar-refractivity contribution in [2.75, 3.05) is 10.2 Å². The average Bonchev–Trinajstić information content (AvgIpc) is 3.11. The summed E-state index contributed by atoms with van der Waals surface area (Å²) in [5, 5.41) is 23.7. The molecule has 9 heteroatoms. The van der Waals surface area contributed by atoms with Crippen molar-refractivity contribution in [1.82, 2.24) is 5.32 Å². The van der Waals surface area contributed by atoms with Crippen molar-refractivity contribution in [2.24, 2.45) is 0 Å². The number of aliphatic carboxylic acids is 2. The Morgan fingerprint density at radius 1 is 1.00 bits per heavy atom. The molecule has 0 bridgehead atoms. The number of rotatable bonds is 7. The molecule has 4 N–H and O–H groups in total. The van der Waals surface area contributed by atoms with Crippen molar-refractivity contribution in [3.63, 3.8) is 0 Å². The van der Waals surface area contributed by atoms with Crippen LogP contribution in [-0.4, -0.2) is 46.2 Å². The summed E-state index contributed by atoms with van der Waals surface area (Å²) in [6, 6.07) is 12.3. The van der Waals surface area contributed by atoms with Gasteiger partial charge in [0.2, 0.25) is 5.91 Å². The summed E-state index contributed by atoms with van der Waals surface area (Å²) in [6.45, 7) is 0. The van der Waals surface area contributed by atoms with Crippen LogP contribution in [0.3, 0.4) is 0 Å². The second kappa shape index (κ2) is 9.08. The number of nitrogens with zero attached hydrogens (tertiary/aromatic N) is 1. The summed E-state index contributed by atoms with van der Waals surface area (Å²) < 4.78 is 0. The zero-order valence-electron chi connectivity index (χ0n) is 15.9. The molecule has 0 saturated heterocycles. The van der Waals surface area contributed by atoms with Gasteiger partial charge in [0, 0.05) is 24.2 Å². The molecule has 0 aromatic heterocycles.